The predicted octanol–water partition coefficient (Wildman–Crippen LogP) is 8.36. The molecule has 0 spiro atoms. The van der Waals surface area contributed by atoms with Crippen molar-refractivity contribution in [1.29, 1.82) is 0 Å². The summed E-state index contributed by atoms with van der Waals surface area (Å²) in [7, 11) is 0. The highest BCUT2D eigenvalue weighted by Crippen LogP contribution is 2.45. The lowest BCUT2D eigenvalue weighted by molar-refractivity contribution is 0.135. The van der Waals surface area contributed by atoms with Crippen LogP contribution in [0.3, 0.4) is 0 Å². The Labute approximate surface area is 169 Å². The Hall–Kier alpha value is -0.820. The standard InChI is InChI=1S/C25H34ClF/c1-17-7-16-23(25(27)24(17)26)22-14-12-21(13-15-22)20-10-8-19(9-11-20)18-5-3-2-4-6-18/h7,14,16,18-21H,2-6,8-13,15H2,1H3. The smallest absolute Gasteiger partial charge is 0.149 e. The summed E-state index contributed by atoms with van der Waals surface area (Å²) < 4.78 is 14.5. The van der Waals surface area contributed by atoms with Gasteiger partial charge in [-0.1, -0.05) is 61.9 Å². The second-order valence-corrected chi connectivity index (χ2v) is 9.77. The molecular weight excluding hydrogens is 355 g/mol. The molecule has 0 aromatic heterocycles. The number of halogens is 2. The van der Waals surface area contributed by atoms with Crippen LogP contribution in [0, 0.1) is 36.4 Å². The monoisotopic (exact) mass is 388 g/mol. The molecule has 0 amide bonds. The van der Waals surface area contributed by atoms with Crippen molar-refractivity contribution in [3.63, 3.8) is 0 Å². The Kier molecular flexibility index (Phi) is 6.27. The van der Waals surface area contributed by atoms with Crippen molar-refractivity contribution in [3.05, 3.63) is 40.2 Å². The first-order chi connectivity index (χ1) is 13.1. The molecule has 3 aliphatic carbocycles. The zero-order valence-electron chi connectivity index (χ0n) is 16.8. The zero-order chi connectivity index (χ0) is 18.8. The van der Waals surface area contributed by atoms with Crippen molar-refractivity contribution in [2.24, 2.45) is 23.7 Å². The minimum Gasteiger partial charge on any atom is -0.205 e. The summed E-state index contributed by atoms with van der Waals surface area (Å²) in [5.41, 5.74) is 2.72. The molecule has 0 N–H and O–H groups in total. The van der Waals surface area contributed by atoms with Gasteiger partial charge in [0.2, 0.25) is 0 Å². The second kappa shape index (κ2) is 8.68. The fourth-order valence-corrected chi connectivity index (χ4v) is 6.28. The number of allylic oxidation sites excluding steroid dienone is 2. The van der Waals surface area contributed by atoms with E-state index in [-0.39, 0.29) is 10.8 Å². The lowest BCUT2D eigenvalue weighted by atomic mass is 9.66. The second-order valence-electron chi connectivity index (χ2n) is 9.39. The maximum Gasteiger partial charge on any atom is 0.149 e. The molecule has 0 aliphatic heterocycles. The van der Waals surface area contributed by atoms with Crippen LogP contribution in [0.4, 0.5) is 4.39 Å². The largest absolute Gasteiger partial charge is 0.205 e. The minimum atomic E-state index is -0.227. The molecule has 27 heavy (non-hydrogen) atoms. The average molecular weight is 389 g/mol. The van der Waals surface area contributed by atoms with Crippen LogP contribution in [0.1, 0.15) is 88.2 Å². The van der Waals surface area contributed by atoms with Gasteiger partial charge in [0.15, 0.2) is 0 Å². The fraction of sp³-hybridized carbons (Fsp3) is 0.680. The van der Waals surface area contributed by atoms with E-state index >= 15 is 0 Å². The van der Waals surface area contributed by atoms with Crippen LogP contribution in [-0.4, -0.2) is 0 Å². The van der Waals surface area contributed by atoms with Gasteiger partial charge in [-0.3, -0.25) is 0 Å². The number of hydrogen-bond donors (Lipinski definition) is 0. The van der Waals surface area contributed by atoms with Gasteiger partial charge in [-0.05, 0) is 86.7 Å². The zero-order valence-corrected chi connectivity index (χ0v) is 17.5. The Morgan fingerprint density at radius 3 is 2.07 bits per heavy atom. The van der Waals surface area contributed by atoms with Crippen molar-refractivity contribution < 1.29 is 4.39 Å². The first-order valence-electron chi connectivity index (χ1n) is 11.3. The number of hydrogen-bond acceptors (Lipinski definition) is 0. The molecule has 2 heteroatoms. The van der Waals surface area contributed by atoms with Gasteiger partial charge in [0.1, 0.15) is 5.82 Å². The molecule has 2 saturated carbocycles. The van der Waals surface area contributed by atoms with Gasteiger partial charge in [-0.15, -0.1) is 0 Å². The van der Waals surface area contributed by atoms with E-state index in [1.54, 1.807) is 0 Å². The van der Waals surface area contributed by atoms with Crippen LogP contribution in [0.25, 0.3) is 5.57 Å². The van der Waals surface area contributed by atoms with Gasteiger partial charge in [0, 0.05) is 5.56 Å². The van der Waals surface area contributed by atoms with Crippen LogP contribution in [0.2, 0.25) is 5.02 Å². The molecule has 0 saturated heterocycles. The summed E-state index contributed by atoms with van der Waals surface area (Å²) >= 11 is 6.13. The van der Waals surface area contributed by atoms with Crippen molar-refractivity contribution in [3.8, 4) is 0 Å². The van der Waals surface area contributed by atoms with Crippen molar-refractivity contribution >= 4 is 17.2 Å². The van der Waals surface area contributed by atoms with E-state index in [0.717, 1.165) is 47.6 Å². The molecule has 1 aromatic carbocycles. The topological polar surface area (TPSA) is 0 Å². The molecule has 0 heterocycles. The summed E-state index contributed by atoms with van der Waals surface area (Å²) in [5.74, 6) is 3.53. The summed E-state index contributed by atoms with van der Waals surface area (Å²) in [6, 6.07) is 3.86. The predicted molar refractivity (Wildman–Crippen MR) is 113 cm³/mol. The van der Waals surface area contributed by atoms with Crippen molar-refractivity contribution in [2.45, 2.75) is 84.0 Å². The van der Waals surface area contributed by atoms with Crippen LogP contribution in [-0.2, 0) is 0 Å². The third-order valence-corrected chi connectivity index (χ3v) is 8.34. The molecule has 1 aromatic rings. The maximum absolute atomic E-state index is 14.5. The lowest BCUT2D eigenvalue weighted by Crippen LogP contribution is -2.27. The normalized spacial score (nSPS) is 30.2. The fourth-order valence-electron chi connectivity index (χ4n) is 6.11. The van der Waals surface area contributed by atoms with Gasteiger partial charge >= 0.3 is 0 Å². The van der Waals surface area contributed by atoms with Crippen LogP contribution in [0.5, 0.6) is 0 Å². The van der Waals surface area contributed by atoms with Crippen LogP contribution >= 0.6 is 11.6 Å². The van der Waals surface area contributed by atoms with Gasteiger partial charge < -0.3 is 0 Å². The summed E-state index contributed by atoms with van der Waals surface area (Å²) in [6.45, 7) is 1.87. The first kappa shape index (κ1) is 19.5. The first-order valence-corrected chi connectivity index (χ1v) is 11.6. The summed E-state index contributed by atoms with van der Waals surface area (Å²) in [5, 5.41) is 0.288. The van der Waals surface area contributed by atoms with Crippen molar-refractivity contribution in [2.75, 3.05) is 0 Å². The van der Waals surface area contributed by atoms with E-state index in [2.05, 4.69) is 6.08 Å². The highest BCUT2D eigenvalue weighted by atomic mass is 35.5. The van der Waals surface area contributed by atoms with E-state index < -0.39 is 0 Å². The molecule has 0 nitrogen and oxygen atoms in total. The Morgan fingerprint density at radius 1 is 0.815 bits per heavy atom. The quantitative estimate of drug-likeness (QED) is 0.487. The molecule has 1 atom stereocenters. The molecule has 0 bridgehead atoms. The van der Waals surface area contributed by atoms with Gasteiger partial charge in [-0.25, -0.2) is 4.39 Å². The van der Waals surface area contributed by atoms with Crippen molar-refractivity contribution in [1.82, 2.24) is 0 Å². The van der Waals surface area contributed by atoms with Gasteiger partial charge in [0.05, 0.1) is 5.02 Å². The van der Waals surface area contributed by atoms with E-state index in [9.17, 15) is 4.39 Å². The SMILES string of the molecule is Cc1ccc(C2=CCC(C3CCC(C4CCCCC4)CC3)CC2)c(F)c1Cl. The third-order valence-electron chi connectivity index (χ3n) is 7.87. The van der Waals surface area contributed by atoms with E-state index in [0.29, 0.717) is 0 Å². The van der Waals surface area contributed by atoms with Crippen LogP contribution in [0.15, 0.2) is 18.2 Å². The Morgan fingerprint density at radius 2 is 1.44 bits per heavy atom. The minimum absolute atomic E-state index is 0.227. The Balaban J connectivity index is 1.33. The molecule has 0 radical (unpaired) electrons. The highest BCUT2D eigenvalue weighted by Gasteiger charge is 2.32. The maximum atomic E-state index is 14.5. The molecule has 148 valence electrons. The number of benzene rings is 1. The molecular formula is C25H34ClF. The summed E-state index contributed by atoms with van der Waals surface area (Å²) in [4.78, 5) is 0. The van der Waals surface area contributed by atoms with Crippen LogP contribution < -0.4 is 0 Å². The summed E-state index contributed by atoms with van der Waals surface area (Å²) in [6.07, 6.45) is 18.8. The number of aryl methyl sites for hydroxylation is 1. The number of rotatable bonds is 3. The molecule has 4 rings (SSSR count). The molecule has 1 unspecified atom stereocenters. The van der Waals surface area contributed by atoms with E-state index in [1.807, 2.05) is 19.1 Å². The highest BCUT2D eigenvalue weighted by molar-refractivity contribution is 6.31. The third kappa shape index (κ3) is 4.29. The Bertz CT molecular complexity index is 678. The van der Waals surface area contributed by atoms with Gasteiger partial charge in [-0.2, -0.15) is 0 Å². The average Bonchev–Trinajstić information content (AvgIpc) is 2.73. The molecule has 2 fully saturated rings. The lowest BCUT2D eigenvalue weighted by Gasteiger charge is -2.39. The molecule has 3 aliphatic rings. The van der Waals surface area contributed by atoms with Gasteiger partial charge in [0.25, 0.3) is 0 Å². The van der Waals surface area contributed by atoms with E-state index in [1.165, 1.54) is 69.8 Å². The van der Waals surface area contributed by atoms with E-state index in [4.69, 9.17) is 11.6 Å².